The molecular weight excluding hydrogens is 417 g/mol. The van der Waals surface area contributed by atoms with Gasteiger partial charge in [0.05, 0.1) is 12.6 Å². The molecule has 10 heteroatoms. The van der Waals surface area contributed by atoms with E-state index in [0.29, 0.717) is 0 Å². The highest BCUT2D eigenvalue weighted by Crippen LogP contribution is 2.44. The van der Waals surface area contributed by atoms with Gasteiger partial charge < -0.3 is 25.6 Å². The molecule has 0 saturated carbocycles. The van der Waals surface area contributed by atoms with Crippen LogP contribution < -0.4 is 15.4 Å². The second kappa shape index (κ2) is 8.10. The van der Waals surface area contributed by atoms with Crippen molar-refractivity contribution in [3.05, 3.63) is 59.2 Å². The minimum atomic E-state index is -5.29. The Labute approximate surface area is 175 Å². The molecule has 0 spiro atoms. The number of Topliss-reactive ketones (excluding diaryl/α,β-unsaturated/α-hetero) is 1. The number of carbonyl (C=O) groups excluding carboxylic acids is 2. The molecule has 0 bridgehead atoms. The number of hydrogen-bond acceptors (Lipinski definition) is 5. The lowest BCUT2D eigenvalue weighted by atomic mass is 9.76. The Kier molecular flexibility index (Phi) is 5.86. The number of ketones is 1. The Morgan fingerprint density at radius 1 is 1.19 bits per heavy atom. The number of urea groups is 1. The smallest absolute Gasteiger partial charge is 0.450 e. The summed E-state index contributed by atoms with van der Waals surface area (Å²) in [4.78, 5) is 24.8. The van der Waals surface area contributed by atoms with Gasteiger partial charge in [-0.25, -0.2) is 4.79 Å². The van der Waals surface area contributed by atoms with Crippen LogP contribution in [-0.2, 0) is 10.5 Å². The van der Waals surface area contributed by atoms with Crippen molar-refractivity contribution in [2.24, 2.45) is 5.92 Å². The van der Waals surface area contributed by atoms with Gasteiger partial charge in [0.2, 0.25) is 5.78 Å². The average Bonchev–Trinajstić information content (AvgIpc) is 2.68. The van der Waals surface area contributed by atoms with Crippen LogP contribution in [0.2, 0.25) is 0 Å². The molecule has 0 aromatic heterocycles. The van der Waals surface area contributed by atoms with Crippen molar-refractivity contribution in [1.82, 2.24) is 10.6 Å². The molecule has 31 heavy (non-hydrogen) atoms. The predicted molar refractivity (Wildman–Crippen MR) is 103 cm³/mol. The van der Waals surface area contributed by atoms with Crippen LogP contribution >= 0.6 is 0 Å². The minimum Gasteiger partial charge on any atom is -0.504 e. The van der Waals surface area contributed by atoms with Gasteiger partial charge in [-0.15, -0.1) is 0 Å². The van der Waals surface area contributed by atoms with Gasteiger partial charge in [-0.05, 0) is 31.5 Å². The van der Waals surface area contributed by atoms with E-state index in [-0.39, 0.29) is 29.2 Å². The molecule has 1 aliphatic heterocycles. The highest BCUT2D eigenvalue weighted by atomic mass is 19.4. The number of aliphatic hydroxyl groups is 1. The molecule has 2 aromatic rings. The number of rotatable bonds is 5. The van der Waals surface area contributed by atoms with Crippen LogP contribution in [0.15, 0.2) is 42.5 Å². The largest absolute Gasteiger partial charge is 0.504 e. The topological polar surface area (TPSA) is 108 Å². The normalized spacial score (nSPS) is 23.6. The highest BCUT2D eigenvalue weighted by Gasteiger charge is 2.59. The van der Waals surface area contributed by atoms with E-state index in [1.54, 1.807) is 26.0 Å². The molecule has 2 amide bonds. The summed E-state index contributed by atoms with van der Waals surface area (Å²) >= 11 is 0. The first kappa shape index (κ1) is 22.4. The number of aromatic hydroxyl groups is 1. The molecule has 1 saturated heterocycles. The second-order valence-electron chi connectivity index (χ2n) is 7.21. The van der Waals surface area contributed by atoms with Crippen molar-refractivity contribution >= 4 is 11.8 Å². The molecule has 3 rings (SSSR count). The molecule has 3 atom stereocenters. The number of halogens is 3. The summed E-state index contributed by atoms with van der Waals surface area (Å²) < 4.78 is 45.9. The number of nitrogens with one attached hydrogen (secondary N) is 2. The van der Waals surface area contributed by atoms with Crippen LogP contribution in [-0.4, -0.2) is 34.8 Å². The molecular formula is C21H21F3N2O5. The van der Waals surface area contributed by atoms with Crippen LogP contribution in [0, 0.1) is 12.8 Å². The lowest BCUT2D eigenvalue weighted by Crippen LogP contribution is -2.66. The summed E-state index contributed by atoms with van der Waals surface area (Å²) in [5.74, 6) is -4.69. The molecule has 4 N–H and O–H groups in total. The van der Waals surface area contributed by atoms with Crippen LogP contribution in [0.4, 0.5) is 18.0 Å². The van der Waals surface area contributed by atoms with Gasteiger partial charge in [-0.1, -0.05) is 35.9 Å². The fraction of sp³-hybridized carbons (Fsp3) is 0.333. The number of aryl methyl sites for hydroxylation is 1. The standard InChI is InChI=1S/C21H21F3N2O5/c1-3-31-15-10-12(6-9-14(15)27)17-16(18(28)21(22,23)24)20(30,26-19(29)25-17)13-7-4-11(2)5-8-13/h4-10,16-17,27,30H,3H2,1-2H3,(H2,25,26,29)/t16-,17-,20+/m0/s1. The number of amides is 2. The summed E-state index contributed by atoms with van der Waals surface area (Å²) in [6.45, 7) is 3.54. The molecule has 0 radical (unpaired) electrons. The zero-order chi connectivity index (χ0) is 23.0. The van der Waals surface area contributed by atoms with E-state index in [2.05, 4.69) is 10.6 Å². The van der Waals surface area contributed by atoms with E-state index in [1.807, 2.05) is 0 Å². The second-order valence-corrected chi connectivity index (χ2v) is 7.21. The zero-order valence-corrected chi connectivity index (χ0v) is 16.7. The number of alkyl halides is 3. The molecule has 1 fully saturated rings. The number of hydrogen-bond donors (Lipinski definition) is 4. The Morgan fingerprint density at radius 2 is 1.84 bits per heavy atom. The Bertz CT molecular complexity index is 993. The van der Waals surface area contributed by atoms with Gasteiger partial charge in [-0.2, -0.15) is 13.2 Å². The third kappa shape index (κ3) is 4.29. The van der Waals surface area contributed by atoms with Crippen molar-refractivity contribution in [3.8, 4) is 11.5 Å². The van der Waals surface area contributed by atoms with Crippen molar-refractivity contribution in [2.75, 3.05) is 6.61 Å². The zero-order valence-electron chi connectivity index (χ0n) is 16.7. The van der Waals surface area contributed by atoms with Crippen LogP contribution in [0.3, 0.4) is 0 Å². The maximum absolute atomic E-state index is 13.5. The number of phenolic OH excluding ortho intramolecular Hbond substituents is 1. The molecule has 2 aromatic carbocycles. The summed E-state index contributed by atoms with van der Waals surface area (Å²) in [6, 6.07) is 6.89. The monoisotopic (exact) mass is 438 g/mol. The van der Waals surface area contributed by atoms with Gasteiger partial charge in [-0.3, -0.25) is 4.79 Å². The SMILES string of the molecule is CCOc1cc([C@@H]2NC(=O)N[C@@](O)(c3ccc(C)cc3)[C@@H]2C(=O)C(F)(F)F)ccc1O. The Morgan fingerprint density at radius 3 is 2.42 bits per heavy atom. The van der Waals surface area contributed by atoms with Crippen LogP contribution in [0.25, 0.3) is 0 Å². The van der Waals surface area contributed by atoms with Crippen LogP contribution in [0.1, 0.15) is 29.7 Å². The van der Waals surface area contributed by atoms with Gasteiger partial charge in [0, 0.05) is 5.56 Å². The lowest BCUT2D eigenvalue weighted by Gasteiger charge is -2.45. The molecule has 1 heterocycles. The van der Waals surface area contributed by atoms with E-state index in [0.717, 1.165) is 5.56 Å². The summed E-state index contributed by atoms with van der Waals surface area (Å²) in [5, 5.41) is 25.6. The molecule has 0 unspecified atom stereocenters. The third-order valence-electron chi connectivity index (χ3n) is 5.07. The first-order valence-corrected chi connectivity index (χ1v) is 9.42. The van der Waals surface area contributed by atoms with Crippen molar-refractivity contribution in [1.29, 1.82) is 0 Å². The van der Waals surface area contributed by atoms with Gasteiger partial charge >= 0.3 is 12.2 Å². The Balaban J connectivity index is 2.19. The highest BCUT2D eigenvalue weighted by molar-refractivity contribution is 5.91. The quantitative estimate of drug-likeness (QED) is 0.574. The summed E-state index contributed by atoms with van der Waals surface area (Å²) in [7, 11) is 0. The number of ether oxygens (including phenoxy) is 1. The molecule has 166 valence electrons. The van der Waals surface area contributed by atoms with E-state index >= 15 is 0 Å². The van der Waals surface area contributed by atoms with Gasteiger partial charge in [0.1, 0.15) is 5.92 Å². The van der Waals surface area contributed by atoms with Crippen molar-refractivity contribution in [2.45, 2.75) is 31.8 Å². The fourth-order valence-electron chi connectivity index (χ4n) is 3.60. The first-order valence-electron chi connectivity index (χ1n) is 9.42. The van der Waals surface area contributed by atoms with Gasteiger partial charge in [0.25, 0.3) is 0 Å². The van der Waals surface area contributed by atoms with Crippen molar-refractivity contribution < 1.29 is 37.7 Å². The number of carbonyl (C=O) groups is 2. The number of phenols is 1. The summed E-state index contributed by atoms with van der Waals surface area (Å²) in [5.41, 5.74) is -1.91. The maximum atomic E-state index is 13.5. The average molecular weight is 438 g/mol. The fourth-order valence-corrected chi connectivity index (χ4v) is 3.60. The third-order valence-corrected chi connectivity index (χ3v) is 5.07. The predicted octanol–water partition coefficient (Wildman–Crippen LogP) is 3.05. The Hall–Kier alpha value is -3.27. The van der Waals surface area contributed by atoms with Crippen LogP contribution in [0.5, 0.6) is 11.5 Å². The number of benzene rings is 2. The van der Waals surface area contributed by atoms with E-state index in [4.69, 9.17) is 4.74 Å². The van der Waals surface area contributed by atoms with E-state index in [9.17, 15) is 33.0 Å². The summed E-state index contributed by atoms with van der Waals surface area (Å²) in [6.07, 6.45) is -5.29. The maximum Gasteiger partial charge on any atom is 0.450 e. The van der Waals surface area contributed by atoms with Crippen molar-refractivity contribution in [3.63, 3.8) is 0 Å². The lowest BCUT2D eigenvalue weighted by molar-refractivity contribution is -0.190. The minimum absolute atomic E-state index is 0.0372. The molecule has 7 nitrogen and oxygen atoms in total. The molecule has 0 aliphatic carbocycles. The van der Waals surface area contributed by atoms with E-state index < -0.39 is 35.7 Å². The first-order chi connectivity index (χ1) is 14.5. The van der Waals surface area contributed by atoms with E-state index in [1.165, 1.54) is 30.3 Å². The molecule has 1 aliphatic rings. The van der Waals surface area contributed by atoms with Gasteiger partial charge in [0.15, 0.2) is 17.2 Å².